The summed E-state index contributed by atoms with van der Waals surface area (Å²) in [7, 11) is 0. The molecule has 2 aromatic rings. The third-order valence-corrected chi connectivity index (χ3v) is 5.09. The molecular formula is C20H29FN4O. The van der Waals surface area contributed by atoms with Crippen LogP contribution in [0.3, 0.4) is 0 Å². The molecule has 0 amide bonds. The van der Waals surface area contributed by atoms with Gasteiger partial charge in [-0.1, -0.05) is 38.1 Å². The molecule has 0 N–H and O–H groups in total. The number of rotatable bonds is 6. The molecule has 0 aliphatic carbocycles. The molecular weight excluding hydrogens is 331 g/mol. The molecule has 1 aliphatic rings. The van der Waals surface area contributed by atoms with Gasteiger partial charge >= 0.3 is 0 Å². The third-order valence-electron chi connectivity index (χ3n) is 5.09. The summed E-state index contributed by atoms with van der Waals surface area (Å²) in [6.07, 6.45) is 1.89. The van der Waals surface area contributed by atoms with Crippen LogP contribution < -0.4 is 0 Å². The zero-order valence-corrected chi connectivity index (χ0v) is 16.0. The number of benzene rings is 1. The van der Waals surface area contributed by atoms with Crippen LogP contribution in [0.4, 0.5) is 4.39 Å². The van der Waals surface area contributed by atoms with Crippen molar-refractivity contribution >= 4 is 0 Å². The van der Waals surface area contributed by atoms with Crippen molar-refractivity contribution in [3.63, 3.8) is 0 Å². The van der Waals surface area contributed by atoms with E-state index >= 15 is 0 Å². The maximum Gasteiger partial charge on any atom is 0.240 e. The molecule has 0 bridgehead atoms. The Bertz CT molecular complexity index is 685. The first-order valence-electron chi connectivity index (χ1n) is 9.57. The van der Waals surface area contributed by atoms with E-state index in [-0.39, 0.29) is 5.82 Å². The topological polar surface area (TPSA) is 45.4 Å². The van der Waals surface area contributed by atoms with Gasteiger partial charge in [0.2, 0.25) is 5.89 Å². The standard InChI is InChI=1S/C20H29FN4O/c1-4-19-22-20(26-23-19)14-24-10-5-11-25(18(13-24)15(2)3)12-16-6-8-17(21)9-7-16/h6-9,15,18H,4-5,10-14H2,1-3H3/t18-/m0/s1. The highest BCUT2D eigenvalue weighted by molar-refractivity contribution is 5.16. The molecule has 0 saturated carbocycles. The fraction of sp³-hybridized carbons (Fsp3) is 0.600. The first-order valence-corrected chi connectivity index (χ1v) is 9.57. The second kappa shape index (κ2) is 8.73. The number of aryl methyl sites for hydroxylation is 1. The Morgan fingerprint density at radius 3 is 2.62 bits per heavy atom. The van der Waals surface area contributed by atoms with Gasteiger partial charge in [-0.05, 0) is 36.6 Å². The van der Waals surface area contributed by atoms with Gasteiger partial charge in [0.25, 0.3) is 0 Å². The van der Waals surface area contributed by atoms with Crippen molar-refractivity contribution in [2.24, 2.45) is 5.92 Å². The molecule has 5 nitrogen and oxygen atoms in total. The van der Waals surface area contributed by atoms with Crippen LogP contribution in [0.1, 0.15) is 44.5 Å². The van der Waals surface area contributed by atoms with Gasteiger partial charge in [-0.15, -0.1) is 0 Å². The number of hydrogen-bond donors (Lipinski definition) is 0. The van der Waals surface area contributed by atoms with Crippen molar-refractivity contribution in [2.75, 3.05) is 19.6 Å². The van der Waals surface area contributed by atoms with E-state index in [0.717, 1.165) is 50.4 Å². The van der Waals surface area contributed by atoms with Gasteiger partial charge in [-0.2, -0.15) is 4.98 Å². The normalized spacial score (nSPS) is 19.8. The average Bonchev–Trinajstić information content (AvgIpc) is 2.98. The lowest BCUT2D eigenvalue weighted by Crippen LogP contribution is -2.43. The fourth-order valence-electron chi connectivity index (χ4n) is 3.62. The van der Waals surface area contributed by atoms with Gasteiger partial charge < -0.3 is 4.52 Å². The minimum atomic E-state index is -0.179. The molecule has 1 aromatic heterocycles. The molecule has 2 heterocycles. The van der Waals surface area contributed by atoms with Gasteiger partial charge in [0.05, 0.1) is 6.54 Å². The lowest BCUT2D eigenvalue weighted by Gasteiger charge is -2.34. The number of hydrogen-bond acceptors (Lipinski definition) is 5. The lowest BCUT2D eigenvalue weighted by molar-refractivity contribution is 0.125. The Hall–Kier alpha value is -1.79. The van der Waals surface area contributed by atoms with Crippen LogP contribution in [0, 0.1) is 11.7 Å². The van der Waals surface area contributed by atoms with E-state index in [9.17, 15) is 4.39 Å². The third kappa shape index (κ3) is 4.89. The summed E-state index contributed by atoms with van der Waals surface area (Å²) >= 11 is 0. The summed E-state index contributed by atoms with van der Waals surface area (Å²) in [4.78, 5) is 9.40. The van der Waals surface area contributed by atoms with Gasteiger partial charge in [0.15, 0.2) is 5.82 Å². The number of aromatic nitrogens is 2. The number of nitrogens with zero attached hydrogens (tertiary/aromatic N) is 4. The van der Waals surface area contributed by atoms with Crippen LogP contribution in [0.25, 0.3) is 0 Å². The van der Waals surface area contributed by atoms with Crippen molar-refractivity contribution in [1.82, 2.24) is 19.9 Å². The van der Waals surface area contributed by atoms with Crippen molar-refractivity contribution in [2.45, 2.75) is 52.7 Å². The van der Waals surface area contributed by atoms with Gasteiger partial charge in [0.1, 0.15) is 5.82 Å². The Kier molecular flexibility index (Phi) is 6.38. The first kappa shape index (κ1) is 19.0. The summed E-state index contributed by atoms with van der Waals surface area (Å²) in [5.74, 6) is 1.83. The van der Waals surface area contributed by atoms with Gasteiger partial charge in [0, 0.05) is 32.1 Å². The minimum absolute atomic E-state index is 0.179. The lowest BCUT2D eigenvalue weighted by atomic mass is 10.0. The SMILES string of the molecule is CCc1noc(CN2CCCN(Cc3ccc(F)cc3)[C@H](C(C)C)C2)n1. The Balaban J connectivity index is 1.67. The molecule has 1 atom stereocenters. The molecule has 26 heavy (non-hydrogen) atoms. The monoisotopic (exact) mass is 360 g/mol. The fourth-order valence-corrected chi connectivity index (χ4v) is 3.62. The molecule has 1 aromatic carbocycles. The average molecular weight is 360 g/mol. The summed E-state index contributed by atoms with van der Waals surface area (Å²) in [6.45, 7) is 11.2. The van der Waals surface area contributed by atoms with Gasteiger partial charge in [-0.25, -0.2) is 4.39 Å². The van der Waals surface area contributed by atoms with E-state index < -0.39 is 0 Å². The molecule has 0 radical (unpaired) electrons. The molecule has 142 valence electrons. The van der Waals surface area contributed by atoms with E-state index in [1.54, 1.807) is 12.1 Å². The summed E-state index contributed by atoms with van der Waals surface area (Å²) in [6, 6.07) is 7.31. The second-order valence-electron chi connectivity index (χ2n) is 7.45. The van der Waals surface area contributed by atoms with E-state index in [1.807, 2.05) is 19.1 Å². The zero-order valence-electron chi connectivity index (χ0n) is 16.0. The first-order chi connectivity index (χ1) is 12.5. The Labute approximate surface area is 155 Å². The smallest absolute Gasteiger partial charge is 0.240 e. The van der Waals surface area contributed by atoms with Crippen LogP contribution >= 0.6 is 0 Å². The van der Waals surface area contributed by atoms with Crippen LogP contribution in [-0.4, -0.2) is 45.6 Å². The maximum absolute atomic E-state index is 13.2. The largest absolute Gasteiger partial charge is 0.338 e. The molecule has 6 heteroatoms. The predicted octanol–water partition coefficient (Wildman–Crippen LogP) is 3.50. The van der Waals surface area contributed by atoms with Crippen LogP contribution in [-0.2, 0) is 19.5 Å². The van der Waals surface area contributed by atoms with Crippen LogP contribution in [0.2, 0.25) is 0 Å². The van der Waals surface area contributed by atoms with E-state index in [2.05, 4.69) is 33.8 Å². The van der Waals surface area contributed by atoms with E-state index in [4.69, 9.17) is 4.52 Å². The summed E-state index contributed by atoms with van der Waals surface area (Å²) in [5, 5.41) is 4.00. The summed E-state index contributed by atoms with van der Waals surface area (Å²) in [5.41, 5.74) is 1.16. The van der Waals surface area contributed by atoms with Crippen molar-refractivity contribution in [3.8, 4) is 0 Å². The second-order valence-corrected chi connectivity index (χ2v) is 7.45. The van der Waals surface area contributed by atoms with Gasteiger partial charge in [-0.3, -0.25) is 9.80 Å². The molecule has 0 unspecified atom stereocenters. The Morgan fingerprint density at radius 1 is 1.19 bits per heavy atom. The van der Waals surface area contributed by atoms with E-state index in [1.165, 1.54) is 0 Å². The molecule has 0 spiro atoms. The minimum Gasteiger partial charge on any atom is -0.338 e. The molecule has 3 rings (SSSR count). The highest BCUT2D eigenvalue weighted by atomic mass is 19.1. The Morgan fingerprint density at radius 2 is 1.96 bits per heavy atom. The highest BCUT2D eigenvalue weighted by Gasteiger charge is 2.28. The van der Waals surface area contributed by atoms with Crippen molar-refractivity contribution < 1.29 is 8.91 Å². The van der Waals surface area contributed by atoms with Crippen LogP contribution in [0.15, 0.2) is 28.8 Å². The van der Waals surface area contributed by atoms with Crippen molar-refractivity contribution in [3.05, 3.63) is 47.4 Å². The summed E-state index contributed by atoms with van der Waals surface area (Å²) < 4.78 is 18.6. The molecule has 1 fully saturated rings. The molecule has 1 saturated heterocycles. The number of halogens is 1. The predicted molar refractivity (Wildman–Crippen MR) is 99.0 cm³/mol. The molecule has 1 aliphatic heterocycles. The van der Waals surface area contributed by atoms with E-state index in [0.29, 0.717) is 24.4 Å². The highest BCUT2D eigenvalue weighted by Crippen LogP contribution is 2.21. The van der Waals surface area contributed by atoms with Crippen molar-refractivity contribution in [1.29, 1.82) is 0 Å². The van der Waals surface area contributed by atoms with Crippen LogP contribution in [0.5, 0.6) is 0 Å². The maximum atomic E-state index is 13.2. The zero-order chi connectivity index (χ0) is 18.5. The quantitative estimate of drug-likeness (QED) is 0.789.